The number of nitrogens with zero attached hydrogens (tertiary/aromatic N) is 1. The molecule has 2 aromatic carbocycles. The van der Waals surface area contributed by atoms with Crippen molar-refractivity contribution >= 4 is 27.5 Å². The predicted octanol–water partition coefficient (Wildman–Crippen LogP) is 3.73. The van der Waals surface area contributed by atoms with Crippen LogP contribution < -0.4 is 5.32 Å². The van der Waals surface area contributed by atoms with E-state index in [1.54, 1.807) is 42.2 Å². The molecule has 0 saturated heterocycles. The predicted molar refractivity (Wildman–Crippen MR) is 124 cm³/mol. The highest BCUT2D eigenvalue weighted by molar-refractivity contribution is 7.98. The molecule has 1 N–H and O–H groups in total. The molecule has 1 aromatic heterocycles. The van der Waals surface area contributed by atoms with Crippen molar-refractivity contribution in [3.8, 4) is 11.8 Å². The lowest BCUT2D eigenvalue weighted by atomic mass is 10.1. The lowest BCUT2D eigenvalue weighted by Gasteiger charge is -2.06. The summed E-state index contributed by atoms with van der Waals surface area (Å²) in [5.74, 6) is 5.88. The highest BCUT2D eigenvalue weighted by atomic mass is 32.2. The van der Waals surface area contributed by atoms with E-state index in [1.807, 2.05) is 18.4 Å². The van der Waals surface area contributed by atoms with Gasteiger partial charge in [0.05, 0.1) is 4.90 Å². The second-order valence-electron chi connectivity index (χ2n) is 6.86. The molecular weight excluding hydrogens is 428 g/mol. The largest absolute Gasteiger partial charge is 0.348 e. The zero-order chi connectivity index (χ0) is 22.3. The minimum Gasteiger partial charge on any atom is -0.348 e. The summed E-state index contributed by atoms with van der Waals surface area (Å²) >= 11 is 1.69. The normalized spacial score (nSPS) is 10.8. The number of hydrogen-bond donors (Lipinski definition) is 1. The van der Waals surface area contributed by atoms with Gasteiger partial charge in [0.2, 0.25) is 0 Å². The summed E-state index contributed by atoms with van der Waals surface area (Å²) in [6.45, 7) is 0.290. The SMILES string of the molecule is CSc1cccc(CC#Cc2cc(C(=O)NCc3ccc(S(C)(=O)=O)cc3)ccn2)c1. The van der Waals surface area contributed by atoms with Crippen molar-refractivity contribution in [3.05, 3.63) is 89.2 Å². The summed E-state index contributed by atoms with van der Waals surface area (Å²) in [7, 11) is -3.24. The smallest absolute Gasteiger partial charge is 0.251 e. The number of nitrogens with one attached hydrogen (secondary N) is 1. The molecule has 3 aromatic rings. The Kier molecular flexibility index (Phi) is 7.50. The van der Waals surface area contributed by atoms with Gasteiger partial charge < -0.3 is 5.32 Å². The Bertz CT molecular complexity index is 1240. The van der Waals surface area contributed by atoms with Gasteiger partial charge in [0.25, 0.3) is 5.91 Å². The van der Waals surface area contributed by atoms with Crippen molar-refractivity contribution in [2.75, 3.05) is 12.5 Å². The topological polar surface area (TPSA) is 76.1 Å². The number of amides is 1. The first kappa shape index (κ1) is 22.6. The molecule has 7 heteroatoms. The number of aromatic nitrogens is 1. The van der Waals surface area contributed by atoms with E-state index < -0.39 is 9.84 Å². The van der Waals surface area contributed by atoms with Gasteiger partial charge in [0.15, 0.2) is 9.84 Å². The molecule has 0 aliphatic carbocycles. The summed E-state index contributed by atoms with van der Waals surface area (Å²) < 4.78 is 23.0. The molecule has 0 aliphatic heterocycles. The minimum atomic E-state index is -3.24. The molecule has 0 radical (unpaired) electrons. The van der Waals surface area contributed by atoms with Crippen LogP contribution in [0.4, 0.5) is 0 Å². The van der Waals surface area contributed by atoms with Crippen LogP contribution in [0, 0.1) is 11.8 Å². The van der Waals surface area contributed by atoms with Crippen LogP contribution in [0.1, 0.15) is 27.2 Å². The molecule has 5 nitrogen and oxygen atoms in total. The van der Waals surface area contributed by atoms with Crippen molar-refractivity contribution < 1.29 is 13.2 Å². The second kappa shape index (κ2) is 10.3. The Hall–Kier alpha value is -3.08. The number of sulfone groups is 1. The number of rotatable bonds is 6. The third kappa shape index (κ3) is 6.71. The number of pyridine rings is 1. The molecule has 0 spiro atoms. The molecule has 3 rings (SSSR count). The van der Waals surface area contributed by atoms with E-state index in [1.165, 1.54) is 17.0 Å². The van der Waals surface area contributed by atoms with E-state index >= 15 is 0 Å². The number of carbonyl (C=O) groups excluding carboxylic acids is 1. The van der Waals surface area contributed by atoms with Crippen molar-refractivity contribution in [2.45, 2.75) is 22.8 Å². The first-order chi connectivity index (χ1) is 14.8. The van der Waals surface area contributed by atoms with Crippen LogP contribution in [0.25, 0.3) is 0 Å². The summed E-state index contributed by atoms with van der Waals surface area (Å²) in [6, 6.07) is 18.0. The monoisotopic (exact) mass is 450 g/mol. The van der Waals surface area contributed by atoms with Crippen molar-refractivity contribution in [3.63, 3.8) is 0 Å². The van der Waals surface area contributed by atoms with Gasteiger partial charge in [-0.3, -0.25) is 4.79 Å². The first-order valence-corrected chi connectivity index (χ1v) is 12.6. The maximum Gasteiger partial charge on any atom is 0.251 e. The van der Waals surface area contributed by atoms with Crippen LogP contribution in [0.15, 0.2) is 76.7 Å². The van der Waals surface area contributed by atoms with Gasteiger partial charge >= 0.3 is 0 Å². The van der Waals surface area contributed by atoms with Crippen LogP contribution in [0.5, 0.6) is 0 Å². The van der Waals surface area contributed by atoms with Crippen molar-refractivity contribution in [1.29, 1.82) is 0 Å². The van der Waals surface area contributed by atoms with Gasteiger partial charge in [0, 0.05) is 35.9 Å². The Balaban J connectivity index is 1.61. The molecule has 158 valence electrons. The van der Waals surface area contributed by atoms with Crippen molar-refractivity contribution in [1.82, 2.24) is 10.3 Å². The minimum absolute atomic E-state index is 0.245. The van der Waals surface area contributed by atoms with Gasteiger partial charge in [-0.1, -0.05) is 30.2 Å². The van der Waals surface area contributed by atoms with Gasteiger partial charge in [-0.15, -0.1) is 11.8 Å². The highest BCUT2D eigenvalue weighted by Gasteiger charge is 2.08. The molecule has 0 atom stereocenters. The third-order valence-electron chi connectivity index (χ3n) is 4.47. The van der Waals surface area contributed by atoms with E-state index in [4.69, 9.17) is 0 Å². The third-order valence-corrected chi connectivity index (χ3v) is 6.32. The van der Waals surface area contributed by atoms with Gasteiger partial charge in [-0.25, -0.2) is 13.4 Å². The summed E-state index contributed by atoms with van der Waals surface area (Å²) in [4.78, 5) is 18.1. The fourth-order valence-electron chi connectivity index (χ4n) is 2.80. The van der Waals surface area contributed by atoms with E-state index in [0.29, 0.717) is 17.7 Å². The van der Waals surface area contributed by atoms with Gasteiger partial charge in [-0.05, 0) is 59.7 Å². The number of thioether (sulfide) groups is 1. The summed E-state index contributed by atoms with van der Waals surface area (Å²) in [6.07, 6.45) is 5.37. The van der Waals surface area contributed by atoms with E-state index in [-0.39, 0.29) is 17.3 Å². The van der Waals surface area contributed by atoms with Crippen LogP contribution >= 0.6 is 11.8 Å². The van der Waals surface area contributed by atoms with Crippen molar-refractivity contribution in [2.24, 2.45) is 0 Å². The van der Waals surface area contributed by atoms with E-state index in [2.05, 4.69) is 34.3 Å². The molecule has 1 heterocycles. The van der Waals surface area contributed by atoms with E-state index in [0.717, 1.165) is 17.4 Å². The zero-order valence-electron chi connectivity index (χ0n) is 17.3. The number of benzene rings is 2. The van der Waals surface area contributed by atoms with Crippen LogP contribution in [-0.4, -0.2) is 31.8 Å². The molecule has 0 bridgehead atoms. The average molecular weight is 451 g/mol. The number of carbonyl (C=O) groups is 1. The quantitative estimate of drug-likeness (QED) is 0.457. The Labute approximate surface area is 187 Å². The fourth-order valence-corrected chi connectivity index (χ4v) is 3.91. The molecule has 1 amide bonds. The number of hydrogen-bond acceptors (Lipinski definition) is 5. The summed E-state index contributed by atoms with van der Waals surface area (Å²) in [5.41, 5.74) is 2.94. The maximum atomic E-state index is 12.5. The molecular formula is C24H22N2O3S2. The molecule has 0 aliphatic rings. The van der Waals surface area contributed by atoms with Gasteiger partial charge in [-0.2, -0.15) is 0 Å². The standard InChI is InChI=1S/C24H22N2O3S2/c1-30-22-8-4-6-18(15-22)5-3-7-21-16-20(13-14-25-21)24(27)26-17-19-9-11-23(12-10-19)31(2,28)29/h4,6,8-16H,5,17H2,1-2H3,(H,26,27). The Morgan fingerprint density at radius 1 is 1.06 bits per heavy atom. The zero-order valence-corrected chi connectivity index (χ0v) is 18.9. The highest BCUT2D eigenvalue weighted by Crippen LogP contribution is 2.16. The van der Waals surface area contributed by atoms with Crippen LogP contribution in [-0.2, 0) is 22.8 Å². The molecule has 0 fully saturated rings. The van der Waals surface area contributed by atoms with Gasteiger partial charge in [0.1, 0.15) is 5.69 Å². The Morgan fingerprint density at radius 3 is 2.55 bits per heavy atom. The fraction of sp³-hybridized carbons (Fsp3) is 0.167. The lowest BCUT2D eigenvalue weighted by Crippen LogP contribution is -2.23. The van der Waals surface area contributed by atoms with E-state index in [9.17, 15) is 13.2 Å². The molecule has 0 unspecified atom stereocenters. The Morgan fingerprint density at radius 2 is 1.84 bits per heavy atom. The van der Waals surface area contributed by atoms with Crippen LogP contribution in [0.3, 0.4) is 0 Å². The molecule has 31 heavy (non-hydrogen) atoms. The maximum absolute atomic E-state index is 12.5. The first-order valence-electron chi connectivity index (χ1n) is 9.50. The summed E-state index contributed by atoms with van der Waals surface area (Å²) in [5, 5.41) is 2.83. The second-order valence-corrected chi connectivity index (χ2v) is 9.75. The molecule has 0 saturated carbocycles. The van der Waals surface area contributed by atoms with Crippen LogP contribution in [0.2, 0.25) is 0 Å². The lowest BCUT2D eigenvalue weighted by molar-refractivity contribution is 0.0950. The average Bonchev–Trinajstić information content (AvgIpc) is 2.77.